The summed E-state index contributed by atoms with van der Waals surface area (Å²) in [4.78, 5) is 193. The summed E-state index contributed by atoms with van der Waals surface area (Å²) in [5, 5.41) is 8.87. The summed E-state index contributed by atoms with van der Waals surface area (Å²) >= 11 is 0. The maximum absolute atomic E-state index is 15.8. The van der Waals surface area contributed by atoms with Gasteiger partial charge in [-0.1, -0.05) is 106 Å². The molecular weight excluding hydrogens is 1370 g/mol. The number of rotatable bonds is 14. The van der Waals surface area contributed by atoms with Gasteiger partial charge in [-0.15, -0.1) is 0 Å². The number of nitrogens with one attached hydrogen (secondary N) is 3. The molecule has 3 unspecified atom stereocenters. The lowest BCUT2D eigenvalue weighted by molar-refractivity contribution is -0.215. The third-order valence-electron chi connectivity index (χ3n) is 24.2. The topological polar surface area (TPSA) is 289 Å². The SMILES string of the molecule is CCCOC[C@H]1C(=O)N[C@@H]([C@@H](C)CC)C(=O)N(C)CC(=O)N(C)[C@H]2C/C=C\CCN(C2=O)[C@@H](CC2CCC(C)CC2)C(=O)N(C)CC(=O)N[C@@H](CCC2CCC(C(F)(F)F)C(OC)C2)C(=O)N2C[C@@H](C)C[C@H]2C(=O)NC2(CC(C)(C)C2)C(=O)N(C)[C@@H](C2CCCC2)C(=O)N(C)[C@H](C(=O)N(C)C)CC(=O)N1C. The summed E-state index contributed by atoms with van der Waals surface area (Å²) in [5.41, 5.74) is -2.12. The molecule has 0 aromatic carbocycles. The van der Waals surface area contributed by atoms with Gasteiger partial charge in [0.05, 0.1) is 38.1 Å². The van der Waals surface area contributed by atoms with Crippen LogP contribution in [0.4, 0.5) is 13.2 Å². The summed E-state index contributed by atoms with van der Waals surface area (Å²) in [5.74, 6) is -10.8. The Morgan fingerprint density at radius 2 is 1.32 bits per heavy atom. The van der Waals surface area contributed by atoms with Gasteiger partial charge >= 0.3 is 6.18 Å². The lowest BCUT2D eigenvalue weighted by Gasteiger charge is -2.54. The van der Waals surface area contributed by atoms with E-state index in [0.29, 0.717) is 38.0 Å². The van der Waals surface area contributed by atoms with Crippen molar-refractivity contribution in [3.8, 4) is 0 Å². The first kappa shape index (κ1) is 86.3. The molecule has 2 saturated heterocycles. The molecule has 3 N–H and O–H groups in total. The van der Waals surface area contributed by atoms with Crippen LogP contribution in [0.5, 0.6) is 0 Å². The minimum atomic E-state index is -4.51. The van der Waals surface area contributed by atoms with Crippen molar-refractivity contribution in [3.05, 3.63) is 12.2 Å². The maximum atomic E-state index is 15.8. The number of carbonyl (C=O) groups is 12. The number of ether oxygens (including phenoxy) is 2. The van der Waals surface area contributed by atoms with Crippen LogP contribution in [0, 0.1) is 46.8 Å². The number of alkyl halides is 3. The van der Waals surface area contributed by atoms with E-state index in [0.717, 1.165) is 48.3 Å². The predicted octanol–water partition coefficient (Wildman–Crippen LogP) is 5.79. The van der Waals surface area contributed by atoms with Crippen molar-refractivity contribution in [2.24, 2.45) is 46.8 Å². The van der Waals surface area contributed by atoms with Gasteiger partial charge in [0.2, 0.25) is 70.9 Å². The summed E-state index contributed by atoms with van der Waals surface area (Å²) in [6.45, 7) is 12.1. The summed E-state index contributed by atoms with van der Waals surface area (Å²) in [6, 6.07) is -10.2. The van der Waals surface area contributed by atoms with E-state index in [1.54, 1.807) is 13.0 Å². The number of hydrogen-bond donors (Lipinski definition) is 3. The molecule has 6 fully saturated rings. The first-order valence-electron chi connectivity index (χ1n) is 38.9. The first-order chi connectivity index (χ1) is 49.8. The fourth-order valence-corrected chi connectivity index (χ4v) is 17.7. The van der Waals surface area contributed by atoms with E-state index >= 15 is 28.8 Å². The zero-order valence-electron chi connectivity index (χ0n) is 66.1. The van der Waals surface area contributed by atoms with Crippen molar-refractivity contribution < 1.29 is 80.2 Å². The Hall–Kier alpha value is -6.91. The molecule has 2 bridgehead atoms. The Labute approximate surface area is 626 Å². The summed E-state index contributed by atoms with van der Waals surface area (Å²) < 4.78 is 54.3. The van der Waals surface area contributed by atoms with E-state index in [4.69, 9.17) is 9.47 Å². The fraction of sp³-hybridized carbons (Fsp3) is 0.818. The summed E-state index contributed by atoms with van der Waals surface area (Å²) in [7, 11) is 12.7. The molecule has 106 heavy (non-hydrogen) atoms. The van der Waals surface area contributed by atoms with Gasteiger partial charge in [0, 0.05) is 83.2 Å². The van der Waals surface area contributed by atoms with E-state index in [-0.39, 0.29) is 108 Å². The number of methoxy groups -OCH3 is 1. The zero-order chi connectivity index (χ0) is 78.6. The number of amides is 12. The fourth-order valence-electron chi connectivity index (χ4n) is 17.7. The second kappa shape index (κ2) is 37.5. The van der Waals surface area contributed by atoms with Gasteiger partial charge in [0.1, 0.15) is 53.9 Å². The van der Waals surface area contributed by atoms with Gasteiger partial charge in [0.15, 0.2) is 0 Å². The lowest BCUT2D eigenvalue weighted by atomic mass is 9.58. The van der Waals surface area contributed by atoms with Gasteiger partial charge in [0.25, 0.3) is 0 Å². The van der Waals surface area contributed by atoms with Gasteiger partial charge in [-0.05, 0) is 131 Å². The molecule has 26 nitrogen and oxygen atoms in total. The van der Waals surface area contributed by atoms with E-state index < -0.39 is 180 Å². The van der Waals surface area contributed by atoms with Crippen LogP contribution in [0.1, 0.15) is 190 Å². The van der Waals surface area contributed by atoms with Crippen LogP contribution in [-0.4, -0.2) is 284 Å². The second-order valence-electron chi connectivity index (χ2n) is 33.3. The van der Waals surface area contributed by atoms with Crippen molar-refractivity contribution in [1.82, 2.24) is 60.0 Å². The molecule has 3 aliphatic heterocycles. The van der Waals surface area contributed by atoms with Crippen molar-refractivity contribution in [2.75, 3.05) is 103 Å². The molecule has 13 atom stereocenters. The Balaban J connectivity index is 1.32. The van der Waals surface area contributed by atoms with Crippen LogP contribution in [0.15, 0.2) is 12.2 Å². The minimum Gasteiger partial charge on any atom is -0.381 e. The van der Waals surface area contributed by atoms with Crippen molar-refractivity contribution >= 4 is 70.9 Å². The Morgan fingerprint density at radius 3 is 1.92 bits per heavy atom. The molecule has 7 aliphatic rings. The van der Waals surface area contributed by atoms with Crippen molar-refractivity contribution in [2.45, 2.75) is 256 Å². The molecule has 1 spiro atoms. The normalized spacial score (nSPS) is 31.9. The van der Waals surface area contributed by atoms with Gasteiger partial charge in [-0.2, -0.15) is 13.2 Å². The molecule has 598 valence electrons. The third-order valence-corrected chi connectivity index (χ3v) is 24.2. The van der Waals surface area contributed by atoms with Crippen LogP contribution in [0.3, 0.4) is 0 Å². The van der Waals surface area contributed by atoms with E-state index in [9.17, 15) is 41.9 Å². The molecule has 29 heteroatoms. The van der Waals surface area contributed by atoms with E-state index in [2.05, 4.69) is 22.9 Å². The predicted molar refractivity (Wildman–Crippen MR) is 391 cm³/mol. The number of likely N-dealkylation sites (N-methyl/N-ethyl adjacent to an activating group) is 7. The Morgan fingerprint density at radius 1 is 0.679 bits per heavy atom. The van der Waals surface area contributed by atoms with Crippen LogP contribution < -0.4 is 16.0 Å². The monoisotopic (exact) mass is 1500 g/mol. The number of nitrogens with zero attached hydrogens (tertiary/aromatic N) is 9. The van der Waals surface area contributed by atoms with Gasteiger partial charge in [-0.25, -0.2) is 0 Å². The van der Waals surface area contributed by atoms with Crippen LogP contribution >= 0.6 is 0 Å². The highest BCUT2D eigenvalue weighted by Gasteiger charge is 2.59. The third kappa shape index (κ3) is 21.1. The number of fused-ring (bicyclic) bond motifs is 3. The minimum absolute atomic E-state index is 0.00165. The molecule has 3 heterocycles. The van der Waals surface area contributed by atoms with Crippen LogP contribution in [0.2, 0.25) is 0 Å². The Kier molecular flexibility index (Phi) is 30.5. The molecule has 4 aliphatic carbocycles. The molecule has 0 radical (unpaired) electrons. The quantitative estimate of drug-likeness (QED) is 0.137. The summed E-state index contributed by atoms with van der Waals surface area (Å²) in [6.07, 6.45) is 5.18. The molecule has 7 rings (SSSR count). The highest BCUT2D eigenvalue weighted by molar-refractivity contribution is 6.01. The van der Waals surface area contributed by atoms with Gasteiger partial charge < -0.3 is 69.5 Å². The number of carbonyl (C=O) groups excluding carboxylic acids is 12. The molecule has 12 amide bonds. The highest BCUT2D eigenvalue weighted by Crippen LogP contribution is 2.50. The number of halogens is 3. The Bertz CT molecular complexity index is 3150. The number of hydrogen-bond acceptors (Lipinski definition) is 14. The van der Waals surface area contributed by atoms with E-state index in [1.807, 2.05) is 40.7 Å². The first-order valence-corrected chi connectivity index (χ1v) is 38.9. The highest BCUT2D eigenvalue weighted by atomic mass is 19.4. The zero-order valence-corrected chi connectivity index (χ0v) is 66.1. The van der Waals surface area contributed by atoms with Crippen LogP contribution in [-0.2, 0) is 67.0 Å². The maximum Gasteiger partial charge on any atom is 0.394 e. The average molecular weight is 1500 g/mol. The lowest BCUT2D eigenvalue weighted by Crippen LogP contribution is -2.71. The van der Waals surface area contributed by atoms with Crippen LogP contribution in [0.25, 0.3) is 0 Å². The molecular formula is C77H125F3N12O14. The molecule has 0 aromatic heterocycles. The average Bonchev–Trinajstić information content (AvgIpc) is 0.952. The molecule has 4 saturated carbocycles. The largest absolute Gasteiger partial charge is 0.394 e. The van der Waals surface area contributed by atoms with E-state index in [1.165, 1.54) is 97.8 Å². The smallest absolute Gasteiger partial charge is 0.381 e. The standard InChI is InChI=1S/C77H125F3N12O14/c1-17-36-106-44-59-66(96)82-64(49(5)18-2)72(102)86(11)43-63(95)87(12)55-26-20-19-23-35-91(71(55)101)58(38-50-29-27-47(3)28-30-50)70(100)85(10)42-61(93)81-54(34-32-51-31-33-53(77(78,79)80)60(39-51)105-16)68(98)92-41-48(4)37-56(92)67(97)83-76(45-75(6,7)46-76)74(104)90(15)65(52-24-21-22-25-52)73(103)89(14)57(69(99)84(8)9)40-62(94)88(59)13/h19-20,47-60,64-65H,17-18,21-46H2,1-16H3,(H,81,93)(H,82,96)(H,83,97)/b20-19-/t47?,48-,49-,50?,51?,53?,54-,55-,56-,57-,58-,59-,60?,64-,65-/m0/s1. The van der Waals surface area contributed by atoms with Gasteiger partial charge in [-0.3, -0.25) is 57.5 Å². The second-order valence-corrected chi connectivity index (χ2v) is 33.3. The van der Waals surface area contributed by atoms with Crippen molar-refractivity contribution in [3.63, 3.8) is 0 Å². The molecule has 0 aromatic rings. The van der Waals surface area contributed by atoms with Crippen molar-refractivity contribution in [1.29, 1.82) is 0 Å².